The molecule has 0 aromatic rings. The number of carbonyl (C=O) groups excluding carboxylic acids is 2. The van der Waals surface area contributed by atoms with E-state index in [9.17, 15) is 14.7 Å². The fraction of sp³-hybridized carbons (Fsp3) is 0.733. The summed E-state index contributed by atoms with van der Waals surface area (Å²) >= 11 is 0. The van der Waals surface area contributed by atoms with Crippen LogP contribution in [0.3, 0.4) is 0 Å². The lowest BCUT2D eigenvalue weighted by atomic mass is 9.62. The lowest BCUT2D eigenvalue weighted by Crippen LogP contribution is -2.58. The van der Waals surface area contributed by atoms with E-state index >= 15 is 0 Å². The van der Waals surface area contributed by atoms with Gasteiger partial charge in [0.15, 0.2) is 23.5 Å². The number of ether oxygens (including phenoxy) is 1. The van der Waals surface area contributed by atoms with E-state index in [0.29, 0.717) is 18.4 Å². The highest BCUT2D eigenvalue weighted by Crippen LogP contribution is 2.59. The zero-order chi connectivity index (χ0) is 14.2. The van der Waals surface area contributed by atoms with Crippen LogP contribution in [-0.4, -0.2) is 28.6 Å². The molecule has 1 spiro atoms. The van der Waals surface area contributed by atoms with E-state index in [4.69, 9.17) is 4.74 Å². The van der Waals surface area contributed by atoms with Gasteiger partial charge in [-0.3, -0.25) is 9.59 Å². The minimum Gasteiger partial charge on any atom is -0.368 e. The number of Topliss-reactive ketones (excluding diaryl/α,β-unsaturated/α-hetero) is 2. The molecule has 4 nitrogen and oxygen atoms in total. The molecule has 0 amide bonds. The Morgan fingerprint density at radius 2 is 1.89 bits per heavy atom. The van der Waals surface area contributed by atoms with Gasteiger partial charge in [-0.05, 0) is 24.5 Å². The van der Waals surface area contributed by atoms with Crippen molar-refractivity contribution in [2.24, 2.45) is 10.8 Å². The van der Waals surface area contributed by atoms with Gasteiger partial charge in [0.1, 0.15) is 0 Å². The molecule has 104 valence electrons. The minimum atomic E-state index is -1.06. The number of carbonyl (C=O) groups is 2. The van der Waals surface area contributed by atoms with E-state index in [2.05, 4.69) is 0 Å². The van der Waals surface area contributed by atoms with Crippen molar-refractivity contribution in [1.82, 2.24) is 0 Å². The molecule has 3 aliphatic rings. The summed E-state index contributed by atoms with van der Waals surface area (Å²) in [5.41, 5.74) is -0.808. The number of ketones is 2. The van der Waals surface area contributed by atoms with Crippen molar-refractivity contribution < 1.29 is 19.4 Å². The fourth-order valence-electron chi connectivity index (χ4n) is 4.18. The van der Waals surface area contributed by atoms with Crippen LogP contribution >= 0.6 is 0 Å². The number of hydrogen-bond donors (Lipinski definition) is 1. The van der Waals surface area contributed by atoms with Crippen LogP contribution in [0.4, 0.5) is 0 Å². The van der Waals surface area contributed by atoms with Gasteiger partial charge in [-0.15, -0.1) is 0 Å². The monoisotopic (exact) mass is 264 g/mol. The van der Waals surface area contributed by atoms with Crippen molar-refractivity contribution in [3.8, 4) is 0 Å². The minimum absolute atomic E-state index is 0.00632. The highest BCUT2D eigenvalue weighted by molar-refractivity contribution is 6.08. The van der Waals surface area contributed by atoms with Crippen LogP contribution in [0.5, 0.6) is 0 Å². The van der Waals surface area contributed by atoms with Crippen molar-refractivity contribution in [1.29, 1.82) is 0 Å². The first kappa shape index (κ1) is 13.0. The van der Waals surface area contributed by atoms with Gasteiger partial charge in [0.2, 0.25) is 0 Å². The average Bonchev–Trinajstić information content (AvgIpc) is 2.47. The number of hydrogen-bond acceptors (Lipinski definition) is 4. The topological polar surface area (TPSA) is 63.6 Å². The van der Waals surface area contributed by atoms with Crippen LogP contribution in [0, 0.1) is 10.8 Å². The van der Waals surface area contributed by atoms with E-state index in [1.165, 1.54) is 0 Å². The Morgan fingerprint density at radius 1 is 1.26 bits per heavy atom. The largest absolute Gasteiger partial charge is 0.368 e. The van der Waals surface area contributed by atoms with Crippen LogP contribution < -0.4 is 0 Å². The SMILES string of the molecule is CC1=C2CC(C)(C)C(=O)C23CC(C)(CC(O)O3)C1=O. The second kappa shape index (κ2) is 3.36. The highest BCUT2D eigenvalue weighted by Gasteiger charge is 2.66. The van der Waals surface area contributed by atoms with Crippen molar-refractivity contribution in [3.63, 3.8) is 0 Å². The summed E-state index contributed by atoms with van der Waals surface area (Å²) in [6.45, 7) is 7.39. The Morgan fingerprint density at radius 3 is 2.53 bits per heavy atom. The molecule has 3 rings (SSSR count). The standard InChI is InChI=1S/C15H20O4/c1-8-9-5-13(2,3)12(18)15(9)7-14(4,11(8)17)6-10(16)19-15/h10,16H,5-7H2,1-4H3. The summed E-state index contributed by atoms with van der Waals surface area (Å²) < 4.78 is 5.70. The van der Waals surface area contributed by atoms with Gasteiger partial charge < -0.3 is 9.84 Å². The molecule has 2 fully saturated rings. The predicted molar refractivity (Wildman–Crippen MR) is 68.3 cm³/mol. The number of allylic oxidation sites excluding steroid dienone is 1. The van der Waals surface area contributed by atoms with Gasteiger partial charge in [0, 0.05) is 23.7 Å². The maximum absolute atomic E-state index is 12.8. The molecule has 1 N–H and O–H groups in total. The number of aliphatic hydroxyl groups is 1. The van der Waals surface area contributed by atoms with Gasteiger partial charge in [-0.2, -0.15) is 0 Å². The van der Waals surface area contributed by atoms with Crippen molar-refractivity contribution >= 4 is 11.6 Å². The normalized spacial score (nSPS) is 44.6. The Hall–Kier alpha value is -1.00. The molecular formula is C15H20O4. The lowest BCUT2D eigenvalue weighted by Gasteiger charge is -2.49. The Balaban J connectivity index is 2.26. The molecule has 1 saturated carbocycles. The van der Waals surface area contributed by atoms with Crippen molar-refractivity contribution in [2.75, 3.05) is 0 Å². The van der Waals surface area contributed by atoms with Crippen LogP contribution in [0.15, 0.2) is 11.1 Å². The van der Waals surface area contributed by atoms with Gasteiger partial charge >= 0.3 is 0 Å². The predicted octanol–water partition coefficient (Wildman–Crippen LogP) is 1.76. The summed E-state index contributed by atoms with van der Waals surface area (Å²) in [5.74, 6) is 0.0674. The molecule has 1 aliphatic heterocycles. The fourth-order valence-corrected chi connectivity index (χ4v) is 4.18. The first-order valence-electron chi connectivity index (χ1n) is 6.78. The van der Waals surface area contributed by atoms with Crippen molar-refractivity contribution in [3.05, 3.63) is 11.1 Å². The quantitative estimate of drug-likeness (QED) is 0.724. The van der Waals surface area contributed by atoms with Crippen LogP contribution in [0.25, 0.3) is 0 Å². The summed E-state index contributed by atoms with van der Waals surface area (Å²) in [6.07, 6.45) is 0.159. The lowest BCUT2D eigenvalue weighted by molar-refractivity contribution is -0.226. The third-order valence-electron chi connectivity index (χ3n) is 5.03. The molecule has 3 atom stereocenters. The molecule has 1 saturated heterocycles. The molecular weight excluding hydrogens is 244 g/mol. The van der Waals surface area contributed by atoms with Gasteiger partial charge in [0.05, 0.1) is 0 Å². The molecule has 2 bridgehead atoms. The molecule has 1 heterocycles. The Labute approximate surface area is 112 Å². The third kappa shape index (κ3) is 1.41. The second-order valence-electron chi connectivity index (χ2n) is 7.16. The van der Waals surface area contributed by atoms with Crippen LogP contribution in [-0.2, 0) is 14.3 Å². The molecule has 4 heteroatoms. The molecule has 0 aromatic carbocycles. The summed E-state index contributed by atoms with van der Waals surface area (Å²) in [6, 6.07) is 0. The van der Waals surface area contributed by atoms with Gasteiger partial charge in [-0.25, -0.2) is 0 Å². The van der Waals surface area contributed by atoms with E-state index < -0.39 is 22.7 Å². The summed E-state index contributed by atoms with van der Waals surface area (Å²) in [7, 11) is 0. The first-order chi connectivity index (χ1) is 8.62. The zero-order valence-electron chi connectivity index (χ0n) is 11.9. The second-order valence-corrected chi connectivity index (χ2v) is 7.16. The van der Waals surface area contributed by atoms with Crippen LogP contribution in [0.2, 0.25) is 0 Å². The van der Waals surface area contributed by atoms with Gasteiger partial charge in [-0.1, -0.05) is 20.8 Å². The van der Waals surface area contributed by atoms with Gasteiger partial charge in [0.25, 0.3) is 0 Å². The first-order valence-corrected chi connectivity index (χ1v) is 6.78. The third-order valence-corrected chi connectivity index (χ3v) is 5.03. The van der Waals surface area contributed by atoms with Crippen molar-refractivity contribution in [2.45, 2.75) is 58.8 Å². The molecule has 2 aliphatic carbocycles. The van der Waals surface area contributed by atoms with E-state index in [1.807, 2.05) is 20.8 Å². The van der Waals surface area contributed by atoms with Crippen LogP contribution in [0.1, 0.15) is 47.0 Å². The number of rotatable bonds is 0. The zero-order valence-corrected chi connectivity index (χ0v) is 11.9. The molecule has 3 unspecified atom stereocenters. The highest BCUT2D eigenvalue weighted by atomic mass is 16.6. The maximum atomic E-state index is 12.8. The molecule has 0 aromatic heterocycles. The Kier molecular flexibility index (Phi) is 2.30. The molecule has 0 radical (unpaired) electrons. The van der Waals surface area contributed by atoms with E-state index in [0.717, 1.165) is 5.57 Å². The number of aliphatic hydroxyl groups excluding tert-OH is 1. The number of fused-ring (bicyclic) bond motifs is 1. The summed E-state index contributed by atoms with van der Waals surface area (Å²) in [4.78, 5) is 25.3. The summed E-state index contributed by atoms with van der Waals surface area (Å²) in [5, 5.41) is 9.96. The van der Waals surface area contributed by atoms with E-state index in [-0.39, 0.29) is 18.0 Å². The maximum Gasteiger partial charge on any atom is 0.174 e. The Bertz CT molecular complexity index is 530. The molecule has 19 heavy (non-hydrogen) atoms. The average molecular weight is 264 g/mol. The smallest absolute Gasteiger partial charge is 0.174 e. The van der Waals surface area contributed by atoms with E-state index in [1.54, 1.807) is 6.92 Å².